The molecule has 2 unspecified atom stereocenters. The molecular formula is C20H30N2O2. The molecule has 1 amide bonds. The maximum absolute atomic E-state index is 12.6. The van der Waals surface area contributed by atoms with Gasteiger partial charge in [0.2, 0.25) is 5.91 Å². The number of carbonyl (C=O) groups excluding carboxylic acids is 1. The van der Waals surface area contributed by atoms with E-state index in [1.807, 2.05) is 11.9 Å². The van der Waals surface area contributed by atoms with E-state index in [1.54, 1.807) is 7.11 Å². The molecule has 24 heavy (non-hydrogen) atoms. The molecule has 1 aromatic rings. The number of aryl methyl sites for hydroxylation is 2. The van der Waals surface area contributed by atoms with Crippen molar-refractivity contribution in [3.63, 3.8) is 0 Å². The summed E-state index contributed by atoms with van der Waals surface area (Å²) < 4.78 is 5.42. The third-order valence-electron chi connectivity index (χ3n) is 5.60. The maximum atomic E-state index is 12.6. The topological polar surface area (TPSA) is 41.6 Å². The zero-order valence-corrected chi connectivity index (χ0v) is 15.4. The molecule has 2 fully saturated rings. The number of ether oxygens (including phenoxy) is 1. The number of nitrogens with one attached hydrogen (secondary N) is 1. The van der Waals surface area contributed by atoms with Crippen LogP contribution in [0.1, 0.15) is 48.8 Å². The fourth-order valence-corrected chi connectivity index (χ4v) is 4.56. The highest BCUT2D eigenvalue weighted by Gasteiger charge is 2.34. The first-order chi connectivity index (χ1) is 11.5. The van der Waals surface area contributed by atoms with Crippen molar-refractivity contribution in [3.8, 4) is 5.75 Å². The van der Waals surface area contributed by atoms with E-state index in [1.165, 1.54) is 18.4 Å². The molecule has 0 saturated carbocycles. The minimum atomic E-state index is 0.271. The number of amides is 1. The summed E-state index contributed by atoms with van der Waals surface area (Å²) in [5.74, 6) is 1.77. The number of benzene rings is 1. The summed E-state index contributed by atoms with van der Waals surface area (Å²) in [7, 11) is 3.63. The maximum Gasteiger partial charge on any atom is 0.222 e. The molecule has 3 rings (SSSR count). The smallest absolute Gasteiger partial charge is 0.222 e. The Morgan fingerprint density at radius 2 is 1.79 bits per heavy atom. The number of hydrogen-bond donors (Lipinski definition) is 1. The highest BCUT2D eigenvalue weighted by molar-refractivity contribution is 5.76. The molecule has 132 valence electrons. The van der Waals surface area contributed by atoms with Crippen molar-refractivity contribution in [3.05, 3.63) is 28.8 Å². The van der Waals surface area contributed by atoms with Crippen molar-refractivity contribution in [1.29, 1.82) is 0 Å². The number of rotatable bonds is 5. The molecule has 0 aliphatic carbocycles. The third kappa shape index (κ3) is 3.75. The summed E-state index contributed by atoms with van der Waals surface area (Å²) in [6.07, 6.45) is 5.60. The second-order valence-electron chi connectivity index (χ2n) is 7.69. The van der Waals surface area contributed by atoms with Crippen molar-refractivity contribution in [1.82, 2.24) is 10.2 Å². The van der Waals surface area contributed by atoms with Gasteiger partial charge < -0.3 is 15.0 Å². The van der Waals surface area contributed by atoms with Gasteiger partial charge in [-0.3, -0.25) is 4.79 Å². The number of nitrogens with zero attached hydrogens (tertiary/aromatic N) is 1. The van der Waals surface area contributed by atoms with Crippen molar-refractivity contribution in [2.75, 3.05) is 14.2 Å². The highest BCUT2D eigenvalue weighted by atomic mass is 16.5. The molecule has 1 N–H and O–H groups in total. The van der Waals surface area contributed by atoms with E-state index in [0.717, 1.165) is 29.7 Å². The zero-order valence-electron chi connectivity index (χ0n) is 15.4. The standard InChI is InChI=1S/C20H30N2O2/c1-13-7-16(8-14(2)20(13)24-4)12-22(3)19(23)11-15-9-17-5-6-18(10-15)21-17/h7-8,15,17-18,21H,5-6,9-12H2,1-4H3. The Balaban J connectivity index is 1.58. The third-order valence-corrected chi connectivity index (χ3v) is 5.60. The van der Waals surface area contributed by atoms with Crippen LogP contribution in [0, 0.1) is 19.8 Å². The van der Waals surface area contributed by atoms with Gasteiger partial charge in [0.15, 0.2) is 0 Å². The monoisotopic (exact) mass is 330 g/mol. The van der Waals surface area contributed by atoms with Crippen molar-refractivity contribution in [2.45, 2.75) is 64.6 Å². The molecule has 4 nitrogen and oxygen atoms in total. The van der Waals surface area contributed by atoms with E-state index < -0.39 is 0 Å². The largest absolute Gasteiger partial charge is 0.496 e. The predicted molar refractivity (Wildman–Crippen MR) is 96.2 cm³/mol. The van der Waals surface area contributed by atoms with Crippen LogP contribution in [0.15, 0.2) is 12.1 Å². The highest BCUT2D eigenvalue weighted by Crippen LogP contribution is 2.33. The van der Waals surface area contributed by atoms with Gasteiger partial charge in [0, 0.05) is 32.1 Å². The lowest BCUT2D eigenvalue weighted by molar-refractivity contribution is -0.131. The van der Waals surface area contributed by atoms with Gasteiger partial charge in [0.1, 0.15) is 5.75 Å². The summed E-state index contributed by atoms with van der Waals surface area (Å²) in [4.78, 5) is 14.5. The van der Waals surface area contributed by atoms with Crippen molar-refractivity contribution < 1.29 is 9.53 Å². The van der Waals surface area contributed by atoms with E-state index in [9.17, 15) is 4.79 Å². The van der Waals surface area contributed by atoms with Crippen LogP contribution in [0.3, 0.4) is 0 Å². The molecule has 0 radical (unpaired) electrons. The first-order valence-corrected chi connectivity index (χ1v) is 9.10. The first-order valence-electron chi connectivity index (χ1n) is 9.10. The van der Waals surface area contributed by atoms with Crippen molar-refractivity contribution >= 4 is 5.91 Å². The quantitative estimate of drug-likeness (QED) is 0.901. The number of hydrogen-bond acceptors (Lipinski definition) is 3. The van der Waals surface area contributed by atoms with E-state index >= 15 is 0 Å². The van der Waals surface area contributed by atoms with Gasteiger partial charge in [-0.15, -0.1) is 0 Å². The van der Waals surface area contributed by atoms with Crippen LogP contribution >= 0.6 is 0 Å². The summed E-state index contributed by atoms with van der Waals surface area (Å²) in [5, 5.41) is 3.65. The molecule has 2 aliphatic heterocycles. The SMILES string of the molecule is COc1c(C)cc(CN(C)C(=O)CC2CC3CCC(C2)N3)cc1C. The number of methoxy groups -OCH3 is 1. The molecule has 2 bridgehead atoms. The lowest BCUT2D eigenvalue weighted by atomic mass is 9.89. The second kappa shape index (κ2) is 7.14. The second-order valence-corrected chi connectivity index (χ2v) is 7.69. The molecule has 2 saturated heterocycles. The first kappa shape index (κ1) is 17.3. The van der Waals surface area contributed by atoms with Crippen LogP contribution in [0.5, 0.6) is 5.75 Å². The Morgan fingerprint density at radius 3 is 2.33 bits per heavy atom. The summed E-state index contributed by atoms with van der Waals surface area (Å²) in [6.45, 7) is 4.78. The van der Waals surface area contributed by atoms with E-state index in [2.05, 4.69) is 31.3 Å². The van der Waals surface area contributed by atoms with Gasteiger partial charge >= 0.3 is 0 Å². The number of fused-ring (bicyclic) bond motifs is 2. The Morgan fingerprint density at radius 1 is 1.21 bits per heavy atom. The molecule has 0 aromatic heterocycles. The molecule has 0 spiro atoms. The number of piperidine rings is 1. The Bertz CT molecular complexity index is 579. The van der Waals surface area contributed by atoms with Gasteiger partial charge in [-0.1, -0.05) is 12.1 Å². The lowest BCUT2D eigenvalue weighted by Gasteiger charge is -2.30. The minimum Gasteiger partial charge on any atom is -0.496 e. The van der Waals surface area contributed by atoms with Crippen LogP contribution < -0.4 is 10.1 Å². The van der Waals surface area contributed by atoms with Gasteiger partial charge in [0.05, 0.1) is 7.11 Å². The molecule has 2 atom stereocenters. The summed E-state index contributed by atoms with van der Waals surface area (Å²) >= 11 is 0. The Hall–Kier alpha value is -1.55. The summed E-state index contributed by atoms with van der Waals surface area (Å²) in [6, 6.07) is 5.55. The zero-order chi connectivity index (χ0) is 17.3. The van der Waals surface area contributed by atoms with E-state index in [4.69, 9.17) is 4.74 Å². The lowest BCUT2D eigenvalue weighted by Crippen LogP contribution is -2.39. The molecule has 4 heteroatoms. The fraction of sp³-hybridized carbons (Fsp3) is 0.650. The average molecular weight is 330 g/mol. The van der Waals surface area contributed by atoms with Crippen LogP contribution in [-0.2, 0) is 11.3 Å². The molecule has 1 aromatic carbocycles. The van der Waals surface area contributed by atoms with Crippen LogP contribution in [0.25, 0.3) is 0 Å². The minimum absolute atomic E-state index is 0.271. The molecular weight excluding hydrogens is 300 g/mol. The van der Waals surface area contributed by atoms with Crippen LogP contribution in [0.4, 0.5) is 0 Å². The number of carbonyl (C=O) groups is 1. The normalized spacial score (nSPS) is 25.6. The van der Waals surface area contributed by atoms with Crippen molar-refractivity contribution in [2.24, 2.45) is 5.92 Å². The predicted octanol–water partition coefficient (Wildman–Crippen LogP) is 3.19. The Kier molecular flexibility index (Phi) is 5.14. The van der Waals surface area contributed by atoms with E-state index in [0.29, 0.717) is 31.0 Å². The van der Waals surface area contributed by atoms with Crippen LogP contribution in [-0.4, -0.2) is 37.0 Å². The average Bonchev–Trinajstić information content (AvgIpc) is 2.85. The Labute approximate surface area is 145 Å². The molecule has 2 heterocycles. The van der Waals surface area contributed by atoms with Crippen LogP contribution in [0.2, 0.25) is 0 Å². The fourth-order valence-electron chi connectivity index (χ4n) is 4.56. The van der Waals surface area contributed by atoms with Gasteiger partial charge in [0.25, 0.3) is 0 Å². The van der Waals surface area contributed by atoms with E-state index in [-0.39, 0.29) is 5.91 Å². The van der Waals surface area contributed by atoms with Gasteiger partial charge in [-0.05, 0) is 62.1 Å². The van der Waals surface area contributed by atoms with Gasteiger partial charge in [-0.25, -0.2) is 0 Å². The van der Waals surface area contributed by atoms with Gasteiger partial charge in [-0.2, -0.15) is 0 Å². The summed E-state index contributed by atoms with van der Waals surface area (Å²) in [5.41, 5.74) is 3.43. The molecule has 2 aliphatic rings.